The van der Waals surface area contributed by atoms with E-state index < -0.39 is 0 Å². The van der Waals surface area contributed by atoms with Crippen molar-refractivity contribution in [3.8, 4) is 0 Å². The summed E-state index contributed by atoms with van der Waals surface area (Å²) in [5, 5.41) is 8.44. The van der Waals surface area contributed by atoms with E-state index in [2.05, 4.69) is 48.2 Å². The number of halogens is 1. The summed E-state index contributed by atoms with van der Waals surface area (Å²) >= 11 is 5.94. The molecule has 0 amide bonds. The smallest absolute Gasteiger partial charge is 0.243 e. The molecule has 2 heterocycles. The van der Waals surface area contributed by atoms with Crippen LogP contribution in [0.25, 0.3) is 5.65 Å². The van der Waals surface area contributed by atoms with Crippen LogP contribution in [0.5, 0.6) is 0 Å². The summed E-state index contributed by atoms with van der Waals surface area (Å²) in [5.74, 6) is 1.14. The molecule has 0 saturated heterocycles. The molecule has 0 aliphatic carbocycles. The predicted molar refractivity (Wildman–Crippen MR) is 78.8 cm³/mol. The first-order valence-electron chi connectivity index (χ1n) is 6.39. The zero-order valence-electron chi connectivity index (χ0n) is 11.8. The van der Waals surface area contributed by atoms with Crippen molar-refractivity contribution in [3.63, 3.8) is 0 Å². The van der Waals surface area contributed by atoms with Crippen LogP contribution in [0.4, 0.5) is 5.95 Å². The highest BCUT2D eigenvalue weighted by Gasteiger charge is 2.16. The molecule has 0 aliphatic rings. The topological polar surface area (TPSA) is 45.5 Å². The van der Waals surface area contributed by atoms with Gasteiger partial charge in [0.15, 0.2) is 5.65 Å². The van der Waals surface area contributed by atoms with E-state index in [4.69, 9.17) is 11.6 Å². The monoisotopic (exact) mass is 281 g/mol. The normalized spacial score (nSPS) is 13.4. The molecule has 0 bridgehead atoms. The quantitative estimate of drug-likeness (QED) is 0.914. The first kappa shape index (κ1) is 14.1. The summed E-state index contributed by atoms with van der Waals surface area (Å²) in [6, 6.07) is 3.98. The zero-order chi connectivity index (χ0) is 14.0. The van der Waals surface area contributed by atoms with Crippen molar-refractivity contribution in [2.45, 2.75) is 19.9 Å². The van der Waals surface area contributed by atoms with Crippen LogP contribution < -0.4 is 5.32 Å². The molecular weight excluding hydrogens is 262 g/mol. The maximum absolute atomic E-state index is 5.94. The third-order valence-corrected chi connectivity index (χ3v) is 3.20. The van der Waals surface area contributed by atoms with E-state index in [0.29, 0.717) is 22.9 Å². The summed E-state index contributed by atoms with van der Waals surface area (Å²) in [7, 11) is 4.13. The minimum Gasteiger partial charge on any atom is -0.349 e. The predicted octanol–water partition coefficient (Wildman–Crippen LogP) is 2.38. The lowest BCUT2D eigenvalue weighted by molar-refractivity contribution is 0.343. The molecule has 2 rings (SSSR count). The van der Waals surface area contributed by atoms with Gasteiger partial charge in [-0.15, -0.1) is 5.10 Å². The van der Waals surface area contributed by atoms with Crippen LogP contribution in [0.15, 0.2) is 18.3 Å². The number of fused-ring (bicyclic) bond motifs is 1. The van der Waals surface area contributed by atoms with Gasteiger partial charge in [0.1, 0.15) is 0 Å². The van der Waals surface area contributed by atoms with Gasteiger partial charge in [-0.1, -0.05) is 25.4 Å². The molecule has 6 heteroatoms. The molecule has 5 nitrogen and oxygen atoms in total. The minimum atomic E-state index is 0.308. The fourth-order valence-electron chi connectivity index (χ4n) is 1.90. The van der Waals surface area contributed by atoms with Gasteiger partial charge in [0.2, 0.25) is 5.95 Å². The van der Waals surface area contributed by atoms with E-state index >= 15 is 0 Å². The third kappa shape index (κ3) is 3.58. The molecule has 0 aromatic carbocycles. The fourth-order valence-corrected chi connectivity index (χ4v) is 2.06. The van der Waals surface area contributed by atoms with Gasteiger partial charge < -0.3 is 10.2 Å². The number of nitrogens with zero attached hydrogens (tertiary/aromatic N) is 4. The van der Waals surface area contributed by atoms with Crippen molar-refractivity contribution in [3.05, 3.63) is 23.4 Å². The van der Waals surface area contributed by atoms with Gasteiger partial charge in [-0.25, -0.2) is 4.52 Å². The average molecular weight is 282 g/mol. The Kier molecular flexibility index (Phi) is 4.27. The van der Waals surface area contributed by atoms with Gasteiger partial charge in [-0.05, 0) is 32.1 Å². The highest BCUT2D eigenvalue weighted by atomic mass is 35.5. The van der Waals surface area contributed by atoms with Crippen molar-refractivity contribution in [2.75, 3.05) is 26.0 Å². The van der Waals surface area contributed by atoms with E-state index in [-0.39, 0.29) is 0 Å². The van der Waals surface area contributed by atoms with E-state index in [1.165, 1.54) is 0 Å². The molecule has 0 aliphatic heterocycles. The maximum atomic E-state index is 5.94. The lowest BCUT2D eigenvalue weighted by Gasteiger charge is -2.24. The second kappa shape index (κ2) is 5.75. The van der Waals surface area contributed by atoms with Crippen LogP contribution in [-0.4, -0.2) is 46.2 Å². The Morgan fingerprint density at radius 3 is 2.74 bits per heavy atom. The van der Waals surface area contributed by atoms with E-state index in [0.717, 1.165) is 12.2 Å². The van der Waals surface area contributed by atoms with Crippen molar-refractivity contribution in [1.82, 2.24) is 19.5 Å². The molecule has 0 spiro atoms. The Balaban J connectivity index is 2.19. The second-order valence-corrected chi connectivity index (χ2v) is 5.78. The van der Waals surface area contributed by atoms with Crippen LogP contribution in [0.1, 0.15) is 13.8 Å². The number of hydrogen-bond donors (Lipinski definition) is 1. The highest BCUT2D eigenvalue weighted by molar-refractivity contribution is 6.30. The molecule has 0 saturated carbocycles. The number of pyridine rings is 1. The summed E-state index contributed by atoms with van der Waals surface area (Å²) in [6.45, 7) is 5.32. The highest BCUT2D eigenvalue weighted by Crippen LogP contribution is 2.14. The molecule has 2 aromatic heterocycles. The van der Waals surface area contributed by atoms with Crippen LogP contribution in [0, 0.1) is 5.92 Å². The van der Waals surface area contributed by atoms with Crippen LogP contribution >= 0.6 is 11.6 Å². The lowest BCUT2D eigenvalue weighted by Crippen LogP contribution is -2.36. The van der Waals surface area contributed by atoms with Gasteiger partial charge in [0, 0.05) is 18.8 Å². The summed E-state index contributed by atoms with van der Waals surface area (Å²) in [5.41, 5.74) is 0.791. The van der Waals surface area contributed by atoms with Crippen molar-refractivity contribution in [2.24, 2.45) is 5.92 Å². The van der Waals surface area contributed by atoms with Crippen molar-refractivity contribution < 1.29 is 0 Å². The van der Waals surface area contributed by atoms with Crippen LogP contribution in [0.2, 0.25) is 5.02 Å². The molecule has 0 fully saturated rings. The van der Waals surface area contributed by atoms with Crippen molar-refractivity contribution in [1.29, 1.82) is 0 Å². The minimum absolute atomic E-state index is 0.308. The van der Waals surface area contributed by atoms with Gasteiger partial charge >= 0.3 is 0 Å². The van der Waals surface area contributed by atoms with Crippen LogP contribution in [0.3, 0.4) is 0 Å². The average Bonchev–Trinajstić information content (AvgIpc) is 2.68. The Morgan fingerprint density at radius 1 is 1.37 bits per heavy atom. The number of aromatic nitrogens is 3. The Bertz CT molecular complexity index is 549. The Morgan fingerprint density at radius 2 is 2.11 bits per heavy atom. The standard InChI is InChI=1S/C13H20ClN5/c1-9(2)11(8-18(3)4)15-13-16-12-6-5-10(14)7-19(12)17-13/h5-7,9,11H,8H2,1-4H3,(H,15,17). The summed E-state index contributed by atoms with van der Waals surface area (Å²) in [4.78, 5) is 6.60. The number of hydrogen-bond acceptors (Lipinski definition) is 4. The largest absolute Gasteiger partial charge is 0.349 e. The third-order valence-electron chi connectivity index (χ3n) is 2.98. The maximum Gasteiger partial charge on any atom is 0.243 e. The molecule has 1 atom stereocenters. The SMILES string of the molecule is CC(C)C(CN(C)C)Nc1nc2ccc(Cl)cn2n1. The molecule has 19 heavy (non-hydrogen) atoms. The molecule has 2 aromatic rings. The molecule has 1 N–H and O–H groups in total. The summed E-state index contributed by atoms with van der Waals surface area (Å²) in [6.07, 6.45) is 1.76. The molecule has 0 radical (unpaired) electrons. The first-order chi connectivity index (χ1) is 8.95. The van der Waals surface area contributed by atoms with Gasteiger partial charge in [0.05, 0.1) is 5.02 Å². The van der Waals surface area contributed by atoms with E-state index in [1.807, 2.05) is 12.1 Å². The second-order valence-electron chi connectivity index (χ2n) is 5.34. The molecule has 104 valence electrons. The molecule has 1 unspecified atom stereocenters. The zero-order valence-corrected chi connectivity index (χ0v) is 12.5. The van der Waals surface area contributed by atoms with Gasteiger partial charge in [-0.2, -0.15) is 4.98 Å². The van der Waals surface area contributed by atoms with E-state index in [1.54, 1.807) is 10.7 Å². The summed E-state index contributed by atoms with van der Waals surface area (Å²) < 4.78 is 1.69. The number of rotatable bonds is 5. The molecular formula is C13H20ClN5. The van der Waals surface area contributed by atoms with Crippen LogP contribution in [-0.2, 0) is 0 Å². The Labute approximate surface area is 118 Å². The van der Waals surface area contributed by atoms with Gasteiger partial charge in [0.25, 0.3) is 0 Å². The lowest BCUT2D eigenvalue weighted by atomic mass is 10.0. The fraction of sp³-hybridized carbons (Fsp3) is 0.538. The first-order valence-corrected chi connectivity index (χ1v) is 6.76. The van der Waals surface area contributed by atoms with Gasteiger partial charge in [-0.3, -0.25) is 0 Å². The van der Waals surface area contributed by atoms with Crippen molar-refractivity contribution >= 4 is 23.2 Å². The number of likely N-dealkylation sites (N-methyl/N-ethyl adjacent to an activating group) is 1. The Hall–Kier alpha value is -1.33. The number of anilines is 1. The van der Waals surface area contributed by atoms with E-state index in [9.17, 15) is 0 Å². The number of nitrogens with one attached hydrogen (secondary N) is 1.